The van der Waals surface area contributed by atoms with Crippen LogP contribution in [-0.2, 0) is 0 Å². The molecule has 0 bridgehead atoms. The van der Waals surface area contributed by atoms with Gasteiger partial charge in [-0.05, 0) is 19.3 Å². The lowest BCUT2D eigenvalue weighted by Gasteiger charge is -1.86. The minimum atomic E-state index is 1.02. The van der Waals surface area contributed by atoms with Crippen LogP contribution in [0.4, 0.5) is 0 Å². The van der Waals surface area contributed by atoms with Crippen LogP contribution in [0.2, 0.25) is 0 Å². The first-order valence-corrected chi connectivity index (χ1v) is 3.68. The summed E-state index contributed by atoms with van der Waals surface area (Å²) >= 11 is 1.78. The first kappa shape index (κ1) is 7.83. The van der Waals surface area contributed by atoms with E-state index in [9.17, 15) is 0 Å². The maximum absolute atomic E-state index is 3.61. The molecule has 0 heterocycles. The van der Waals surface area contributed by atoms with Crippen LogP contribution >= 0.6 is 11.8 Å². The Morgan fingerprint density at radius 1 is 1.62 bits per heavy atom. The summed E-state index contributed by atoms with van der Waals surface area (Å²) in [5.41, 5.74) is 1.36. The van der Waals surface area contributed by atoms with Gasteiger partial charge in [0.15, 0.2) is 0 Å². The van der Waals surface area contributed by atoms with Crippen molar-refractivity contribution >= 4 is 11.8 Å². The van der Waals surface area contributed by atoms with Crippen LogP contribution in [0.15, 0.2) is 23.6 Å². The molecule has 0 aliphatic carbocycles. The first-order valence-electron chi connectivity index (χ1n) is 2.63. The fourth-order valence-electron chi connectivity index (χ4n) is 0.283. The summed E-state index contributed by atoms with van der Waals surface area (Å²) in [6.07, 6.45) is 1.91. The molecular formula is C7H12S. The van der Waals surface area contributed by atoms with Crippen molar-refractivity contribution in [2.45, 2.75) is 13.8 Å². The van der Waals surface area contributed by atoms with Crippen LogP contribution in [0, 0.1) is 0 Å². The van der Waals surface area contributed by atoms with Crippen LogP contribution in [0.25, 0.3) is 0 Å². The van der Waals surface area contributed by atoms with E-state index in [4.69, 9.17) is 0 Å². The van der Waals surface area contributed by atoms with E-state index in [0.717, 1.165) is 5.75 Å². The van der Waals surface area contributed by atoms with Gasteiger partial charge < -0.3 is 0 Å². The van der Waals surface area contributed by atoms with Gasteiger partial charge in [0.1, 0.15) is 0 Å². The van der Waals surface area contributed by atoms with Crippen molar-refractivity contribution in [3.8, 4) is 0 Å². The van der Waals surface area contributed by atoms with E-state index in [2.05, 4.69) is 25.8 Å². The Kier molecular flexibility index (Phi) is 4.87. The van der Waals surface area contributed by atoms with Gasteiger partial charge in [-0.25, -0.2) is 0 Å². The fraction of sp³-hybridized carbons (Fsp3) is 0.429. The highest BCUT2D eigenvalue weighted by Gasteiger charge is 1.75. The summed E-state index contributed by atoms with van der Waals surface area (Å²) in [5, 5.41) is 2.14. The smallest absolute Gasteiger partial charge is 0.0152 e. The molecule has 0 aliphatic heterocycles. The highest BCUT2D eigenvalue weighted by atomic mass is 32.2. The first-order chi connectivity index (χ1) is 3.77. The van der Waals surface area contributed by atoms with Crippen molar-refractivity contribution in [2.75, 3.05) is 5.75 Å². The van der Waals surface area contributed by atoms with Gasteiger partial charge in [-0.2, -0.15) is 0 Å². The van der Waals surface area contributed by atoms with Crippen molar-refractivity contribution in [2.24, 2.45) is 0 Å². The zero-order valence-corrected chi connectivity index (χ0v) is 6.29. The van der Waals surface area contributed by atoms with Gasteiger partial charge in [0.05, 0.1) is 0 Å². The Labute approximate surface area is 55.7 Å². The van der Waals surface area contributed by atoms with E-state index >= 15 is 0 Å². The van der Waals surface area contributed by atoms with Crippen molar-refractivity contribution in [3.05, 3.63) is 23.6 Å². The van der Waals surface area contributed by atoms with Gasteiger partial charge in [-0.15, -0.1) is 18.3 Å². The van der Waals surface area contributed by atoms with Crippen LogP contribution in [0.5, 0.6) is 0 Å². The molecule has 0 rings (SSSR count). The average Bonchev–Trinajstić information content (AvgIpc) is 1.66. The minimum Gasteiger partial charge on any atom is -0.130 e. The molecule has 0 aromatic rings. The zero-order chi connectivity index (χ0) is 6.41. The number of hydrogen-bond acceptors (Lipinski definition) is 1. The van der Waals surface area contributed by atoms with E-state index in [1.807, 2.05) is 6.08 Å². The Balaban J connectivity index is 3.15. The van der Waals surface area contributed by atoms with Gasteiger partial charge >= 0.3 is 0 Å². The van der Waals surface area contributed by atoms with Crippen molar-refractivity contribution < 1.29 is 0 Å². The molecule has 0 radical (unpaired) electrons. The summed E-state index contributed by atoms with van der Waals surface area (Å²) in [4.78, 5) is 0. The van der Waals surface area contributed by atoms with Gasteiger partial charge in [-0.1, -0.05) is 11.6 Å². The molecule has 0 amide bonds. The summed E-state index contributed by atoms with van der Waals surface area (Å²) in [5.74, 6) is 1.02. The molecule has 0 fully saturated rings. The number of thioether (sulfide) groups is 1. The van der Waals surface area contributed by atoms with Crippen molar-refractivity contribution in [1.29, 1.82) is 0 Å². The molecule has 0 aromatic carbocycles. The molecule has 8 heavy (non-hydrogen) atoms. The van der Waals surface area contributed by atoms with E-state index < -0.39 is 0 Å². The molecule has 0 N–H and O–H groups in total. The molecule has 46 valence electrons. The van der Waals surface area contributed by atoms with Crippen molar-refractivity contribution in [3.63, 3.8) is 0 Å². The third kappa shape index (κ3) is 5.83. The SMILES string of the molecule is C=CCSC=C(C)C. The predicted octanol–water partition coefficient (Wildman–Crippen LogP) is 2.83. The topological polar surface area (TPSA) is 0 Å². The van der Waals surface area contributed by atoms with Crippen molar-refractivity contribution in [1.82, 2.24) is 0 Å². The van der Waals surface area contributed by atoms with E-state index in [1.54, 1.807) is 11.8 Å². The highest BCUT2D eigenvalue weighted by molar-refractivity contribution is 8.02. The molecule has 0 spiro atoms. The molecule has 0 unspecified atom stereocenters. The maximum atomic E-state index is 3.61. The second-order valence-electron chi connectivity index (χ2n) is 1.82. The quantitative estimate of drug-likeness (QED) is 0.416. The number of allylic oxidation sites excluding steroid dienone is 1. The summed E-state index contributed by atoms with van der Waals surface area (Å²) in [6.45, 7) is 7.79. The normalized spacial score (nSPS) is 8.25. The molecule has 1 heteroatoms. The zero-order valence-electron chi connectivity index (χ0n) is 5.48. The third-order valence-electron chi connectivity index (χ3n) is 0.533. The second kappa shape index (κ2) is 4.98. The number of hydrogen-bond donors (Lipinski definition) is 0. The third-order valence-corrected chi connectivity index (χ3v) is 1.60. The van der Waals surface area contributed by atoms with Crippen LogP contribution in [-0.4, -0.2) is 5.75 Å². The van der Waals surface area contributed by atoms with Crippen LogP contribution in [0.3, 0.4) is 0 Å². The lowest BCUT2D eigenvalue weighted by Crippen LogP contribution is -1.63. The Morgan fingerprint density at radius 3 is 2.62 bits per heavy atom. The summed E-state index contributed by atoms with van der Waals surface area (Å²) < 4.78 is 0. The maximum Gasteiger partial charge on any atom is 0.0152 e. The van der Waals surface area contributed by atoms with E-state index in [1.165, 1.54) is 5.57 Å². The number of rotatable bonds is 3. The summed E-state index contributed by atoms with van der Waals surface area (Å²) in [7, 11) is 0. The van der Waals surface area contributed by atoms with Gasteiger partial charge in [0, 0.05) is 5.75 Å². The molecule has 0 saturated heterocycles. The molecule has 0 saturated carbocycles. The Morgan fingerprint density at radius 2 is 2.25 bits per heavy atom. The molecule has 0 atom stereocenters. The molecule has 0 aliphatic rings. The lowest BCUT2D eigenvalue weighted by atomic mass is 10.4. The van der Waals surface area contributed by atoms with Crippen LogP contribution in [0.1, 0.15) is 13.8 Å². The molecular weight excluding hydrogens is 116 g/mol. The van der Waals surface area contributed by atoms with E-state index in [-0.39, 0.29) is 0 Å². The van der Waals surface area contributed by atoms with Gasteiger partial charge in [0.25, 0.3) is 0 Å². The fourth-order valence-corrected chi connectivity index (χ4v) is 0.848. The Hall–Kier alpha value is -0.170. The predicted molar refractivity (Wildman–Crippen MR) is 42.1 cm³/mol. The molecule has 0 nitrogen and oxygen atoms in total. The second-order valence-corrected chi connectivity index (χ2v) is 2.72. The monoisotopic (exact) mass is 128 g/mol. The largest absolute Gasteiger partial charge is 0.130 e. The average molecular weight is 128 g/mol. The standard InChI is InChI=1S/C7H12S/c1-4-5-8-6-7(2)3/h4,6H,1,5H2,2-3H3. The Bertz CT molecular complexity index is 88.6. The van der Waals surface area contributed by atoms with E-state index in [0.29, 0.717) is 0 Å². The van der Waals surface area contributed by atoms with Gasteiger partial charge in [0.2, 0.25) is 0 Å². The molecule has 0 aromatic heterocycles. The van der Waals surface area contributed by atoms with Crippen LogP contribution < -0.4 is 0 Å². The minimum absolute atomic E-state index is 1.02. The highest BCUT2D eigenvalue weighted by Crippen LogP contribution is 2.04. The lowest BCUT2D eigenvalue weighted by molar-refractivity contribution is 1.41. The van der Waals surface area contributed by atoms with Gasteiger partial charge in [-0.3, -0.25) is 0 Å². The summed E-state index contributed by atoms with van der Waals surface area (Å²) in [6, 6.07) is 0.